The molecule has 3 N–H and O–H groups in total. The van der Waals surface area contributed by atoms with Gasteiger partial charge in [0, 0.05) is 18.7 Å². The predicted octanol–water partition coefficient (Wildman–Crippen LogP) is 2.70. The number of fused-ring (bicyclic) bond motifs is 1. The molecule has 0 bridgehead atoms. The minimum Gasteiger partial charge on any atom is -0.441 e. The van der Waals surface area contributed by atoms with Gasteiger partial charge in [0.25, 0.3) is 0 Å². The summed E-state index contributed by atoms with van der Waals surface area (Å²) in [7, 11) is 0. The van der Waals surface area contributed by atoms with Crippen LogP contribution in [0.5, 0.6) is 0 Å². The van der Waals surface area contributed by atoms with Crippen molar-refractivity contribution in [2.45, 2.75) is 33.1 Å². The molecule has 5 heteroatoms. The lowest BCUT2D eigenvalue weighted by atomic mass is 10.0. The van der Waals surface area contributed by atoms with Gasteiger partial charge in [0.1, 0.15) is 5.52 Å². The van der Waals surface area contributed by atoms with Gasteiger partial charge in [0.15, 0.2) is 11.5 Å². The molecule has 1 atom stereocenters. The summed E-state index contributed by atoms with van der Waals surface area (Å²) in [5.41, 5.74) is 7.87. The van der Waals surface area contributed by atoms with Gasteiger partial charge < -0.3 is 15.5 Å². The maximum absolute atomic E-state index is 12.1. The van der Waals surface area contributed by atoms with Crippen molar-refractivity contribution in [2.75, 3.05) is 11.9 Å². The van der Waals surface area contributed by atoms with Crippen LogP contribution in [0.2, 0.25) is 0 Å². The number of aromatic nitrogens is 1. The molecule has 1 unspecified atom stereocenters. The van der Waals surface area contributed by atoms with Crippen LogP contribution in [0.15, 0.2) is 22.6 Å². The van der Waals surface area contributed by atoms with E-state index in [1.807, 2.05) is 32.0 Å². The number of nitrogens with two attached hydrogens (primary N) is 1. The summed E-state index contributed by atoms with van der Waals surface area (Å²) >= 11 is 0. The van der Waals surface area contributed by atoms with Crippen molar-refractivity contribution in [3.63, 3.8) is 0 Å². The first kappa shape index (κ1) is 14.5. The van der Waals surface area contributed by atoms with Crippen molar-refractivity contribution in [2.24, 2.45) is 11.7 Å². The third-order valence-electron chi connectivity index (χ3n) is 3.29. The summed E-state index contributed by atoms with van der Waals surface area (Å²) in [6.45, 7) is 4.40. The van der Waals surface area contributed by atoms with E-state index in [2.05, 4.69) is 10.3 Å². The van der Waals surface area contributed by atoms with E-state index in [4.69, 9.17) is 10.2 Å². The second kappa shape index (κ2) is 6.52. The molecule has 0 saturated heterocycles. The van der Waals surface area contributed by atoms with Crippen LogP contribution >= 0.6 is 0 Å². The Balaban J connectivity index is 2.14. The van der Waals surface area contributed by atoms with Gasteiger partial charge in [0.2, 0.25) is 5.91 Å². The molecule has 2 rings (SSSR count). The molecular formula is C15H21N3O2. The van der Waals surface area contributed by atoms with Crippen LogP contribution in [-0.2, 0) is 11.2 Å². The highest BCUT2D eigenvalue weighted by Gasteiger charge is 2.16. The van der Waals surface area contributed by atoms with Crippen molar-refractivity contribution in [3.8, 4) is 0 Å². The number of nitrogens with one attached hydrogen (secondary N) is 1. The fourth-order valence-corrected chi connectivity index (χ4v) is 2.15. The molecule has 1 aromatic heterocycles. The summed E-state index contributed by atoms with van der Waals surface area (Å²) in [6.07, 6.45) is 2.49. The monoisotopic (exact) mass is 275 g/mol. The summed E-state index contributed by atoms with van der Waals surface area (Å²) in [5, 5.41) is 2.90. The number of anilines is 1. The highest BCUT2D eigenvalue weighted by Crippen LogP contribution is 2.21. The van der Waals surface area contributed by atoms with E-state index in [0.29, 0.717) is 12.4 Å². The number of nitrogens with zero attached hydrogens (tertiary/aromatic N) is 1. The zero-order valence-electron chi connectivity index (χ0n) is 12.0. The second-order valence-electron chi connectivity index (χ2n) is 4.85. The zero-order chi connectivity index (χ0) is 14.5. The van der Waals surface area contributed by atoms with Gasteiger partial charge in [-0.15, -0.1) is 0 Å². The molecular weight excluding hydrogens is 254 g/mol. The number of benzene rings is 1. The highest BCUT2D eigenvalue weighted by molar-refractivity contribution is 5.94. The first-order valence-corrected chi connectivity index (χ1v) is 7.08. The van der Waals surface area contributed by atoms with Crippen molar-refractivity contribution in [1.82, 2.24) is 4.98 Å². The van der Waals surface area contributed by atoms with Crippen molar-refractivity contribution < 1.29 is 9.21 Å². The molecule has 20 heavy (non-hydrogen) atoms. The largest absolute Gasteiger partial charge is 0.441 e. The van der Waals surface area contributed by atoms with E-state index < -0.39 is 0 Å². The summed E-state index contributed by atoms with van der Waals surface area (Å²) in [6, 6.07) is 5.48. The Hall–Kier alpha value is -1.88. The molecule has 0 spiro atoms. The Morgan fingerprint density at radius 3 is 2.90 bits per heavy atom. The Labute approximate surface area is 118 Å². The average molecular weight is 275 g/mol. The van der Waals surface area contributed by atoms with E-state index in [0.717, 1.165) is 36.0 Å². The van der Waals surface area contributed by atoms with Crippen LogP contribution < -0.4 is 11.1 Å². The molecule has 0 saturated carbocycles. The Kier molecular flexibility index (Phi) is 4.74. The summed E-state index contributed by atoms with van der Waals surface area (Å²) in [4.78, 5) is 16.5. The smallest absolute Gasteiger partial charge is 0.228 e. The molecule has 5 nitrogen and oxygen atoms in total. The summed E-state index contributed by atoms with van der Waals surface area (Å²) in [5.74, 6) is 0.529. The van der Waals surface area contributed by atoms with Gasteiger partial charge >= 0.3 is 0 Å². The molecule has 108 valence electrons. The van der Waals surface area contributed by atoms with Gasteiger partial charge in [-0.3, -0.25) is 4.79 Å². The van der Waals surface area contributed by atoms with Crippen molar-refractivity contribution in [1.29, 1.82) is 0 Å². The van der Waals surface area contributed by atoms with E-state index in [1.54, 1.807) is 0 Å². The number of oxazole rings is 1. The number of rotatable bonds is 6. The molecule has 0 aliphatic carbocycles. The third-order valence-corrected chi connectivity index (χ3v) is 3.29. The first-order chi connectivity index (χ1) is 9.67. The quantitative estimate of drug-likeness (QED) is 0.849. The maximum atomic E-state index is 12.1. The molecule has 0 radical (unpaired) electrons. The molecule has 0 fully saturated rings. The number of hydrogen-bond acceptors (Lipinski definition) is 4. The Morgan fingerprint density at radius 2 is 2.25 bits per heavy atom. The van der Waals surface area contributed by atoms with Crippen LogP contribution in [0, 0.1) is 5.92 Å². The fourth-order valence-electron chi connectivity index (χ4n) is 2.15. The lowest BCUT2D eigenvalue weighted by Gasteiger charge is -2.13. The molecule has 0 aliphatic heterocycles. The van der Waals surface area contributed by atoms with Crippen molar-refractivity contribution in [3.05, 3.63) is 24.1 Å². The zero-order valence-corrected chi connectivity index (χ0v) is 12.0. The van der Waals surface area contributed by atoms with Gasteiger partial charge in [-0.25, -0.2) is 4.98 Å². The molecule has 1 aromatic carbocycles. The molecule has 0 aliphatic rings. The van der Waals surface area contributed by atoms with Crippen molar-refractivity contribution >= 4 is 22.7 Å². The highest BCUT2D eigenvalue weighted by atomic mass is 16.3. The van der Waals surface area contributed by atoms with Crippen LogP contribution in [0.25, 0.3) is 11.1 Å². The van der Waals surface area contributed by atoms with Crippen LogP contribution in [0.3, 0.4) is 0 Å². The lowest BCUT2D eigenvalue weighted by Crippen LogP contribution is -2.29. The minimum absolute atomic E-state index is 0.0343. The average Bonchev–Trinajstić information content (AvgIpc) is 2.86. The van der Waals surface area contributed by atoms with Gasteiger partial charge in [-0.1, -0.05) is 20.3 Å². The van der Waals surface area contributed by atoms with Crippen LogP contribution in [-0.4, -0.2) is 17.4 Å². The number of hydrogen-bond donors (Lipinski definition) is 2. The molecule has 1 amide bonds. The number of aryl methyl sites for hydroxylation is 1. The fraction of sp³-hybridized carbons (Fsp3) is 0.467. The Bertz CT molecular complexity index is 592. The lowest BCUT2D eigenvalue weighted by molar-refractivity contribution is -0.119. The van der Waals surface area contributed by atoms with Gasteiger partial charge in [0.05, 0.1) is 5.92 Å². The molecule has 2 aromatic rings. The predicted molar refractivity (Wildman–Crippen MR) is 79.5 cm³/mol. The Morgan fingerprint density at radius 1 is 1.45 bits per heavy atom. The summed E-state index contributed by atoms with van der Waals surface area (Å²) < 4.78 is 5.54. The third kappa shape index (κ3) is 3.17. The first-order valence-electron chi connectivity index (χ1n) is 7.08. The van der Waals surface area contributed by atoms with E-state index in [-0.39, 0.29) is 11.8 Å². The molecule has 1 heterocycles. The SMILES string of the molecule is CCCC(CN)C(=O)Nc1ccc2oc(CC)nc2c1. The number of carbonyl (C=O) groups is 1. The standard InChI is InChI=1S/C15H21N3O2/c1-3-5-10(9-16)15(19)17-11-6-7-13-12(8-11)18-14(4-2)20-13/h6-8,10H,3-5,9,16H2,1-2H3,(H,17,19). The van der Waals surface area contributed by atoms with E-state index in [9.17, 15) is 4.79 Å². The number of amides is 1. The van der Waals surface area contributed by atoms with Crippen LogP contribution in [0.1, 0.15) is 32.6 Å². The number of carbonyl (C=O) groups excluding carboxylic acids is 1. The van der Waals surface area contributed by atoms with E-state index in [1.165, 1.54) is 0 Å². The van der Waals surface area contributed by atoms with Crippen LogP contribution in [0.4, 0.5) is 5.69 Å². The minimum atomic E-state index is -0.140. The van der Waals surface area contributed by atoms with Gasteiger partial charge in [-0.2, -0.15) is 0 Å². The second-order valence-corrected chi connectivity index (χ2v) is 4.85. The normalized spacial score (nSPS) is 12.6. The maximum Gasteiger partial charge on any atom is 0.228 e. The van der Waals surface area contributed by atoms with E-state index >= 15 is 0 Å². The van der Waals surface area contributed by atoms with Gasteiger partial charge in [-0.05, 0) is 24.6 Å². The topological polar surface area (TPSA) is 81.2 Å².